The number of rotatable bonds is 2. The lowest BCUT2D eigenvalue weighted by atomic mass is 9.98. The smallest absolute Gasteiger partial charge is 0.410 e. The van der Waals surface area contributed by atoms with Gasteiger partial charge in [0.1, 0.15) is 6.61 Å². The van der Waals surface area contributed by atoms with Crippen LogP contribution < -0.4 is 0 Å². The van der Waals surface area contributed by atoms with Gasteiger partial charge in [0.15, 0.2) is 0 Å². The zero-order valence-electron chi connectivity index (χ0n) is 10.3. The minimum absolute atomic E-state index is 0.183. The fourth-order valence-corrected chi connectivity index (χ4v) is 2.73. The van der Waals surface area contributed by atoms with E-state index in [1.807, 2.05) is 35.2 Å². The Hall–Kier alpha value is -1.77. The second-order valence-electron chi connectivity index (χ2n) is 5.09. The zero-order chi connectivity index (χ0) is 12.4. The Morgan fingerprint density at radius 1 is 1.17 bits per heavy atom. The number of carbonyl (C=O) groups excluding carboxylic acids is 1. The molecule has 2 unspecified atom stereocenters. The van der Waals surface area contributed by atoms with Gasteiger partial charge in [0, 0.05) is 13.1 Å². The fraction of sp³-hybridized carbons (Fsp3) is 0.400. The lowest BCUT2D eigenvalue weighted by Gasteiger charge is -2.31. The Bertz CT molecular complexity index is 441. The van der Waals surface area contributed by atoms with Crippen molar-refractivity contribution in [1.29, 1.82) is 0 Å². The maximum absolute atomic E-state index is 12.0. The van der Waals surface area contributed by atoms with E-state index in [1.165, 1.54) is 6.42 Å². The van der Waals surface area contributed by atoms with Gasteiger partial charge >= 0.3 is 6.09 Å². The molecule has 2 bridgehead atoms. The van der Waals surface area contributed by atoms with Crippen LogP contribution in [0.25, 0.3) is 0 Å². The van der Waals surface area contributed by atoms with Crippen molar-refractivity contribution in [2.24, 2.45) is 11.8 Å². The van der Waals surface area contributed by atoms with Gasteiger partial charge in [-0.15, -0.1) is 0 Å². The highest BCUT2D eigenvalue weighted by molar-refractivity contribution is 5.68. The molecule has 0 saturated carbocycles. The molecule has 3 heteroatoms. The molecule has 1 aromatic carbocycles. The highest BCUT2D eigenvalue weighted by Crippen LogP contribution is 2.30. The van der Waals surface area contributed by atoms with Crippen molar-refractivity contribution in [3.63, 3.8) is 0 Å². The van der Waals surface area contributed by atoms with Crippen molar-refractivity contribution >= 4 is 6.09 Å². The van der Waals surface area contributed by atoms with E-state index in [4.69, 9.17) is 4.74 Å². The van der Waals surface area contributed by atoms with Crippen molar-refractivity contribution in [3.05, 3.63) is 48.0 Å². The van der Waals surface area contributed by atoms with E-state index in [0.29, 0.717) is 18.4 Å². The summed E-state index contributed by atoms with van der Waals surface area (Å²) in [5, 5.41) is 0. The number of ether oxygens (including phenoxy) is 1. The first-order valence-corrected chi connectivity index (χ1v) is 6.45. The van der Waals surface area contributed by atoms with Gasteiger partial charge in [0.2, 0.25) is 0 Å². The van der Waals surface area contributed by atoms with E-state index in [-0.39, 0.29) is 6.09 Å². The predicted octanol–water partition coefficient (Wildman–Crippen LogP) is 2.83. The van der Waals surface area contributed by atoms with Crippen LogP contribution in [0.5, 0.6) is 0 Å². The summed E-state index contributed by atoms with van der Waals surface area (Å²) >= 11 is 0. The van der Waals surface area contributed by atoms with Gasteiger partial charge in [-0.3, -0.25) is 0 Å². The van der Waals surface area contributed by atoms with E-state index in [1.54, 1.807) is 0 Å². The molecule has 2 atom stereocenters. The standard InChI is InChI=1S/C15H17NO2/c17-15(18-11-12-4-2-1-3-5-12)16-9-13-6-7-14(8-13)10-16/h1-7,13-14H,8-11H2. The monoisotopic (exact) mass is 243 g/mol. The van der Waals surface area contributed by atoms with E-state index >= 15 is 0 Å². The first kappa shape index (κ1) is 11.3. The van der Waals surface area contributed by atoms with Crippen LogP contribution in [-0.4, -0.2) is 24.1 Å². The first-order chi connectivity index (χ1) is 8.81. The molecule has 1 aromatic rings. The van der Waals surface area contributed by atoms with Crippen LogP contribution in [0.3, 0.4) is 0 Å². The number of carbonyl (C=O) groups is 1. The largest absolute Gasteiger partial charge is 0.445 e. The van der Waals surface area contributed by atoms with Crippen molar-refractivity contribution in [3.8, 4) is 0 Å². The highest BCUT2D eigenvalue weighted by Gasteiger charge is 2.31. The van der Waals surface area contributed by atoms with Gasteiger partial charge < -0.3 is 9.64 Å². The summed E-state index contributed by atoms with van der Waals surface area (Å²) in [5.74, 6) is 1.07. The Kier molecular flexibility index (Phi) is 3.05. The molecule has 3 nitrogen and oxygen atoms in total. The molecule has 0 spiro atoms. The topological polar surface area (TPSA) is 29.5 Å². The van der Waals surface area contributed by atoms with Crippen molar-refractivity contribution in [2.45, 2.75) is 13.0 Å². The number of amides is 1. The van der Waals surface area contributed by atoms with E-state index in [9.17, 15) is 4.79 Å². The minimum atomic E-state index is -0.183. The molecule has 3 rings (SSSR count). The van der Waals surface area contributed by atoms with Crippen LogP contribution in [0, 0.1) is 11.8 Å². The van der Waals surface area contributed by atoms with Crippen LogP contribution >= 0.6 is 0 Å². The molecule has 1 fully saturated rings. The molecule has 18 heavy (non-hydrogen) atoms. The molecule has 0 radical (unpaired) electrons. The summed E-state index contributed by atoms with van der Waals surface area (Å²) in [4.78, 5) is 13.8. The summed E-state index contributed by atoms with van der Waals surface area (Å²) in [6.07, 6.45) is 5.48. The third-order valence-corrected chi connectivity index (χ3v) is 3.63. The molecule has 1 aliphatic heterocycles. The van der Waals surface area contributed by atoms with E-state index in [2.05, 4.69) is 12.2 Å². The second kappa shape index (κ2) is 4.84. The molecule has 1 saturated heterocycles. The predicted molar refractivity (Wildman–Crippen MR) is 68.9 cm³/mol. The van der Waals surface area contributed by atoms with Gasteiger partial charge in [-0.1, -0.05) is 42.5 Å². The lowest BCUT2D eigenvalue weighted by molar-refractivity contribution is 0.0794. The number of nitrogens with zero attached hydrogens (tertiary/aromatic N) is 1. The zero-order valence-corrected chi connectivity index (χ0v) is 10.3. The van der Waals surface area contributed by atoms with Gasteiger partial charge in [-0.25, -0.2) is 4.79 Å². The fourth-order valence-electron chi connectivity index (χ4n) is 2.73. The number of likely N-dealkylation sites (tertiary alicyclic amines) is 1. The molecule has 94 valence electrons. The summed E-state index contributed by atoms with van der Waals surface area (Å²) < 4.78 is 5.35. The number of hydrogen-bond donors (Lipinski definition) is 0. The third-order valence-electron chi connectivity index (χ3n) is 3.63. The molecule has 0 N–H and O–H groups in total. The summed E-state index contributed by atoms with van der Waals surface area (Å²) in [7, 11) is 0. The van der Waals surface area contributed by atoms with Crippen LogP contribution in [0.15, 0.2) is 42.5 Å². The molecule has 1 aliphatic carbocycles. The Morgan fingerprint density at radius 2 is 1.83 bits per heavy atom. The average molecular weight is 243 g/mol. The van der Waals surface area contributed by atoms with Crippen LogP contribution in [-0.2, 0) is 11.3 Å². The second-order valence-corrected chi connectivity index (χ2v) is 5.09. The molecular formula is C15H17NO2. The van der Waals surface area contributed by atoms with Crippen molar-refractivity contribution < 1.29 is 9.53 Å². The molecule has 0 aromatic heterocycles. The Balaban J connectivity index is 1.53. The average Bonchev–Trinajstić information content (AvgIpc) is 2.76. The van der Waals surface area contributed by atoms with Gasteiger partial charge in [0.05, 0.1) is 0 Å². The van der Waals surface area contributed by atoms with Crippen LogP contribution in [0.2, 0.25) is 0 Å². The normalized spacial score (nSPS) is 25.2. The SMILES string of the molecule is O=C(OCc1ccccc1)N1CC2C=CC(C2)C1. The third kappa shape index (κ3) is 2.40. The molecule has 1 heterocycles. The quantitative estimate of drug-likeness (QED) is 0.747. The van der Waals surface area contributed by atoms with Crippen LogP contribution in [0.4, 0.5) is 4.79 Å². The number of benzene rings is 1. The summed E-state index contributed by atoms with van der Waals surface area (Å²) in [6.45, 7) is 1.97. The maximum atomic E-state index is 12.0. The van der Waals surface area contributed by atoms with Gasteiger partial charge in [-0.05, 0) is 23.8 Å². The lowest BCUT2D eigenvalue weighted by Crippen LogP contribution is -2.41. The van der Waals surface area contributed by atoms with E-state index in [0.717, 1.165) is 18.7 Å². The minimum Gasteiger partial charge on any atom is -0.445 e. The summed E-state index contributed by atoms with van der Waals surface area (Å²) in [6, 6.07) is 9.80. The van der Waals surface area contributed by atoms with Gasteiger partial charge in [-0.2, -0.15) is 0 Å². The summed E-state index contributed by atoms with van der Waals surface area (Å²) in [5.41, 5.74) is 1.03. The highest BCUT2D eigenvalue weighted by atomic mass is 16.6. The molecular weight excluding hydrogens is 226 g/mol. The van der Waals surface area contributed by atoms with Crippen molar-refractivity contribution in [2.75, 3.05) is 13.1 Å². The Morgan fingerprint density at radius 3 is 2.50 bits per heavy atom. The first-order valence-electron chi connectivity index (χ1n) is 6.45. The number of fused-ring (bicyclic) bond motifs is 2. The van der Waals surface area contributed by atoms with E-state index < -0.39 is 0 Å². The maximum Gasteiger partial charge on any atom is 0.410 e. The molecule has 2 aliphatic rings. The van der Waals surface area contributed by atoms with Gasteiger partial charge in [0.25, 0.3) is 0 Å². The number of piperidine rings is 1. The van der Waals surface area contributed by atoms with Crippen molar-refractivity contribution in [1.82, 2.24) is 4.90 Å². The number of hydrogen-bond acceptors (Lipinski definition) is 2. The Labute approximate surface area is 107 Å². The molecule has 1 amide bonds. The van der Waals surface area contributed by atoms with Crippen LogP contribution in [0.1, 0.15) is 12.0 Å².